The predicted octanol–water partition coefficient (Wildman–Crippen LogP) is 2.03. The standard InChI is InChI=1S/C13H14N2O/c1-8-2-11-10(9(1)5-14-4-8)3-13-12(11)6-16-7-15-13/h3,6-9,14H,1-2,4-5H2. The minimum Gasteiger partial charge on any atom is -0.453 e. The molecule has 2 unspecified atom stereocenters. The van der Waals surface area contributed by atoms with E-state index >= 15 is 0 Å². The molecule has 2 aliphatic heterocycles. The highest BCUT2D eigenvalue weighted by atomic mass is 16.3. The molecule has 0 aromatic rings. The van der Waals surface area contributed by atoms with Crippen LogP contribution in [0.4, 0.5) is 0 Å². The molecular formula is C13H14N2O. The summed E-state index contributed by atoms with van der Waals surface area (Å²) in [6.07, 6.45) is 5.91. The van der Waals surface area contributed by atoms with E-state index in [2.05, 4.69) is 16.4 Å². The number of piperidine rings is 1. The van der Waals surface area contributed by atoms with Gasteiger partial charge in [0.05, 0.1) is 5.69 Å². The van der Waals surface area contributed by atoms with Crippen molar-refractivity contribution in [2.75, 3.05) is 13.1 Å². The van der Waals surface area contributed by atoms with Gasteiger partial charge in [-0.2, -0.15) is 0 Å². The summed E-state index contributed by atoms with van der Waals surface area (Å²) in [5, 5.41) is 3.53. The van der Waals surface area contributed by atoms with Crippen molar-refractivity contribution in [2.24, 2.45) is 5.92 Å². The van der Waals surface area contributed by atoms with E-state index in [1.807, 2.05) is 6.26 Å². The summed E-state index contributed by atoms with van der Waals surface area (Å²) in [7, 11) is 0. The molecule has 1 saturated heterocycles. The molecular weight excluding hydrogens is 200 g/mol. The lowest BCUT2D eigenvalue weighted by Crippen LogP contribution is -2.38. The van der Waals surface area contributed by atoms with Crippen LogP contribution in [0.3, 0.4) is 0 Å². The summed E-state index contributed by atoms with van der Waals surface area (Å²) in [4.78, 5) is 4.31. The van der Waals surface area contributed by atoms with Gasteiger partial charge in [-0.05, 0) is 48.4 Å². The fourth-order valence-corrected chi connectivity index (χ4v) is 3.35. The van der Waals surface area contributed by atoms with Crippen molar-refractivity contribution < 1.29 is 4.42 Å². The predicted molar refractivity (Wildman–Crippen MR) is 60.5 cm³/mol. The van der Waals surface area contributed by atoms with Crippen LogP contribution in [0.5, 0.6) is 0 Å². The molecule has 3 heteroatoms. The van der Waals surface area contributed by atoms with E-state index in [1.54, 1.807) is 0 Å². The summed E-state index contributed by atoms with van der Waals surface area (Å²) in [5.41, 5.74) is 5.33. The number of hydrogen-bond donors (Lipinski definition) is 1. The number of rotatable bonds is 0. The summed E-state index contributed by atoms with van der Waals surface area (Å²) in [6, 6.07) is 2.26. The maximum Gasteiger partial charge on any atom is 0.180 e. The number of hydrogen-bond acceptors (Lipinski definition) is 3. The topological polar surface area (TPSA) is 38.1 Å². The van der Waals surface area contributed by atoms with Crippen LogP contribution in [0.2, 0.25) is 0 Å². The van der Waals surface area contributed by atoms with Gasteiger partial charge in [-0.1, -0.05) is 0 Å². The number of nitrogens with one attached hydrogen (secondary N) is 1. The Morgan fingerprint density at radius 3 is 3.38 bits per heavy atom. The fraction of sp³-hybridized carbons (Fsp3) is 0.462. The summed E-state index contributed by atoms with van der Waals surface area (Å²) in [6.45, 7) is 2.29. The lowest BCUT2D eigenvalue weighted by atomic mass is 9.76. The van der Waals surface area contributed by atoms with Crippen molar-refractivity contribution >= 4 is 0 Å². The Labute approximate surface area is 94.2 Å². The Hall–Kier alpha value is -1.35. The minimum absolute atomic E-state index is 0.691. The zero-order chi connectivity index (χ0) is 10.5. The van der Waals surface area contributed by atoms with Gasteiger partial charge in [-0.15, -0.1) is 0 Å². The molecule has 16 heavy (non-hydrogen) atoms. The van der Waals surface area contributed by atoms with Gasteiger partial charge in [-0.3, -0.25) is 0 Å². The quantitative estimate of drug-likeness (QED) is 0.729. The van der Waals surface area contributed by atoms with E-state index in [4.69, 9.17) is 4.42 Å². The molecule has 0 spiro atoms. The first kappa shape index (κ1) is 8.76. The van der Waals surface area contributed by atoms with Gasteiger partial charge in [0.2, 0.25) is 0 Å². The molecule has 0 saturated carbocycles. The van der Waals surface area contributed by atoms with E-state index in [9.17, 15) is 0 Å². The largest absolute Gasteiger partial charge is 0.453 e. The third kappa shape index (κ3) is 1.09. The Bertz CT molecular complexity index is 505. The van der Waals surface area contributed by atoms with E-state index in [1.165, 1.54) is 42.5 Å². The van der Waals surface area contributed by atoms with Gasteiger partial charge in [0.25, 0.3) is 0 Å². The van der Waals surface area contributed by atoms with E-state index < -0.39 is 0 Å². The van der Waals surface area contributed by atoms with Gasteiger partial charge in [-0.25, -0.2) is 4.98 Å². The number of fused-ring (bicyclic) bond motifs is 6. The summed E-state index contributed by atoms with van der Waals surface area (Å²) >= 11 is 0. The second kappa shape index (κ2) is 3.08. The maximum absolute atomic E-state index is 5.21. The first-order chi connectivity index (χ1) is 7.92. The van der Waals surface area contributed by atoms with Crippen molar-refractivity contribution in [3.8, 4) is 11.3 Å². The lowest BCUT2D eigenvalue weighted by Gasteiger charge is -2.35. The average Bonchev–Trinajstić information content (AvgIpc) is 2.69. The molecule has 3 nitrogen and oxygen atoms in total. The third-order valence-corrected chi connectivity index (χ3v) is 4.05. The van der Waals surface area contributed by atoms with Gasteiger partial charge >= 0.3 is 0 Å². The monoisotopic (exact) mass is 214 g/mol. The number of nitrogens with zero attached hydrogens (tertiary/aromatic N) is 1. The van der Waals surface area contributed by atoms with Crippen molar-refractivity contribution in [1.29, 1.82) is 0 Å². The van der Waals surface area contributed by atoms with Gasteiger partial charge < -0.3 is 9.73 Å². The number of aromatic nitrogens is 1. The Morgan fingerprint density at radius 2 is 2.38 bits per heavy atom. The molecule has 4 rings (SSSR count). The SMILES string of the molecule is c1nc2cc3c(c-2co1)CC1CNCC3C1. The molecule has 2 bridgehead atoms. The molecule has 1 N–H and O–H groups in total. The minimum atomic E-state index is 0.691. The Morgan fingerprint density at radius 1 is 1.38 bits per heavy atom. The van der Waals surface area contributed by atoms with Crippen LogP contribution in [0.25, 0.3) is 11.3 Å². The molecule has 4 aliphatic rings. The lowest BCUT2D eigenvalue weighted by molar-refractivity contribution is 0.319. The first-order valence-corrected chi connectivity index (χ1v) is 5.96. The van der Waals surface area contributed by atoms with Gasteiger partial charge in [0.1, 0.15) is 6.26 Å². The zero-order valence-corrected chi connectivity index (χ0v) is 9.07. The Balaban J connectivity index is 1.94. The molecule has 0 radical (unpaired) electrons. The van der Waals surface area contributed by atoms with E-state index in [0.29, 0.717) is 5.92 Å². The van der Waals surface area contributed by atoms with E-state index in [-0.39, 0.29) is 0 Å². The molecule has 0 aromatic heterocycles. The van der Waals surface area contributed by atoms with Crippen molar-refractivity contribution in [3.63, 3.8) is 0 Å². The van der Waals surface area contributed by atoms with Crippen LogP contribution in [0.15, 0.2) is 23.1 Å². The fourth-order valence-electron chi connectivity index (χ4n) is 3.35. The zero-order valence-electron chi connectivity index (χ0n) is 9.07. The molecule has 1 fully saturated rings. The highest BCUT2D eigenvalue weighted by molar-refractivity contribution is 5.70. The van der Waals surface area contributed by atoms with Crippen LogP contribution >= 0.6 is 0 Å². The van der Waals surface area contributed by atoms with Crippen LogP contribution in [0.1, 0.15) is 23.5 Å². The van der Waals surface area contributed by atoms with Gasteiger partial charge in [0, 0.05) is 12.1 Å². The van der Waals surface area contributed by atoms with E-state index in [0.717, 1.165) is 18.2 Å². The van der Waals surface area contributed by atoms with Crippen molar-refractivity contribution in [1.82, 2.24) is 10.3 Å². The highest BCUT2D eigenvalue weighted by Crippen LogP contribution is 2.43. The van der Waals surface area contributed by atoms with Crippen molar-refractivity contribution in [3.05, 3.63) is 29.9 Å². The second-order valence-corrected chi connectivity index (χ2v) is 5.03. The molecule has 2 aliphatic carbocycles. The molecule has 0 amide bonds. The summed E-state index contributed by atoms with van der Waals surface area (Å²) in [5.74, 6) is 1.49. The molecule has 0 aromatic carbocycles. The smallest absolute Gasteiger partial charge is 0.180 e. The molecule has 82 valence electrons. The normalized spacial score (nSPS) is 28.0. The van der Waals surface area contributed by atoms with Crippen LogP contribution in [0, 0.1) is 5.92 Å². The van der Waals surface area contributed by atoms with Crippen LogP contribution in [-0.4, -0.2) is 18.1 Å². The average molecular weight is 214 g/mol. The molecule has 2 heterocycles. The first-order valence-electron chi connectivity index (χ1n) is 5.96. The van der Waals surface area contributed by atoms with Gasteiger partial charge in [0.15, 0.2) is 6.39 Å². The van der Waals surface area contributed by atoms with Crippen molar-refractivity contribution in [2.45, 2.75) is 18.8 Å². The third-order valence-electron chi connectivity index (χ3n) is 4.05. The molecule has 2 atom stereocenters. The van der Waals surface area contributed by atoms with Crippen LogP contribution < -0.4 is 5.32 Å². The second-order valence-electron chi connectivity index (χ2n) is 5.03. The highest BCUT2D eigenvalue weighted by Gasteiger charge is 2.33. The maximum atomic E-state index is 5.21. The summed E-state index contributed by atoms with van der Waals surface area (Å²) < 4.78 is 5.21. The van der Waals surface area contributed by atoms with Crippen LogP contribution in [-0.2, 0) is 6.42 Å². The Kier molecular flexibility index (Phi) is 1.68.